The van der Waals surface area contributed by atoms with E-state index >= 15 is 0 Å². The summed E-state index contributed by atoms with van der Waals surface area (Å²) in [7, 11) is 14.6. The van der Waals surface area contributed by atoms with Crippen molar-refractivity contribution in [2.45, 2.75) is 57.9 Å². The average Bonchev–Trinajstić information content (AvgIpc) is 2.63. The number of nitrogens with zero attached hydrogens (tertiary/aromatic N) is 4. The molecule has 0 unspecified atom stereocenters. The second-order valence-electron chi connectivity index (χ2n) is 10.4. The lowest BCUT2D eigenvalue weighted by molar-refractivity contribution is -0.904. The van der Waals surface area contributed by atoms with E-state index in [1.54, 1.807) is 20.3 Å². The molecule has 0 spiro atoms. The van der Waals surface area contributed by atoms with Crippen molar-refractivity contribution < 1.29 is 52.5 Å². The summed E-state index contributed by atoms with van der Waals surface area (Å²) in [5, 5.41) is 0. The Balaban J connectivity index is 0. The molecule has 0 aliphatic rings. The molecule has 1 rings (SSSR count). The number of quaternary nitrogens is 2. The Morgan fingerprint density at radius 3 is 1.88 bits per heavy atom. The molecule has 0 bridgehead atoms. The summed E-state index contributed by atoms with van der Waals surface area (Å²) in [6, 6.07) is 3.63. The normalized spacial score (nSPS) is 11.3. The van der Waals surface area contributed by atoms with E-state index in [1.807, 2.05) is 12.1 Å². The van der Waals surface area contributed by atoms with Crippen molar-refractivity contribution in [1.82, 2.24) is 9.88 Å². The van der Waals surface area contributed by atoms with Gasteiger partial charge in [-0.25, -0.2) is 4.79 Å². The number of ether oxygens (including phenoxy) is 1. The van der Waals surface area contributed by atoms with Crippen LogP contribution in [0.5, 0.6) is 5.75 Å². The first kappa shape index (κ1) is 33.5. The summed E-state index contributed by atoms with van der Waals surface area (Å²) in [5.74, 6) is 0.563. The number of pyridine rings is 1. The number of halogens is 2. The van der Waals surface area contributed by atoms with Crippen LogP contribution in [-0.2, 0) is 6.54 Å². The zero-order valence-electron chi connectivity index (χ0n) is 21.4. The largest absolute Gasteiger partial charge is 1.00 e. The molecule has 1 amide bonds. The van der Waals surface area contributed by atoms with Crippen LogP contribution in [0.15, 0.2) is 18.3 Å². The Bertz CT molecular complexity index is 635. The van der Waals surface area contributed by atoms with Crippen LogP contribution >= 0.6 is 0 Å². The van der Waals surface area contributed by atoms with Gasteiger partial charge in [0.1, 0.15) is 12.2 Å². The SMILES string of the molecule is CN(C)C(=O)Oc1cccnc1C[N+](C)(C)CCCCCCCCCC[N+](C)(C)C.[Br-].[Br-]. The van der Waals surface area contributed by atoms with E-state index in [4.69, 9.17) is 4.74 Å². The van der Waals surface area contributed by atoms with Gasteiger partial charge in [0.25, 0.3) is 0 Å². The minimum atomic E-state index is -0.368. The van der Waals surface area contributed by atoms with Gasteiger partial charge in [0.2, 0.25) is 0 Å². The fraction of sp³-hybridized carbons (Fsp3) is 0.750. The minimum absolute atomic E-state index is 0. The van der Waals surface area contributed by atoms with Gasteiger partial charge in [0.15, 0.2) is 5.75 Å². The van der Waals surface area contributed by atoms with Gasteiger partial charge in [-0.05, 0) is 37.8 Å². The van der Waals surface area contributed by atoms with Crippen molar-refractivity contribution in [3.05, 3.63) is 24.0 Å². The Labute approximate surface area is 218 Å². The molecule has 0 radical (unpaired) electrons. The van der Waals surface area contributed by atoms with E-state index in [0.717, 1.165) is 27.7 Å². The number of unbranched alkanes of at least 4 members (excludes halogenated alkanes) is 7. The zero-order valence-corrected chi connectivity index (χ0v) is 24.5. The molecule has 6 nitrogen and oxygen atoms in total. The van der Waals surface area contributed by atoms with Crippen LogP contribution in [0, 0.1) is 0 Å². The first-order valence-corrected chi connectivity index (χ1v) is 11.5. The molecule has 0 aromatic carbocycles. The second-order valence-corrected chi connectivity index (χ2v) is 10.4. The van der Waals surface area contributed by atoms with Crippen molar-refractivity contribution in [3.63, 3.8) is 0 Å². The number of hydrogen-bond donors (Lipinski definition) is 0. The quantitative estimate of drug-likeness (QED) is 0.200. The Morgan fingerprint density at radius 1 is 0.875 bits per heavy atom. The Kier molecular flexibility index (Phi) is 17.6. The summed E-state index contributed by atoms with van der Waals surface area (Å²) in [6.45, 7) is 3.13. The third-order valence-electron chi connectivity index (χ3n) is 5.33. The maximum absolute atomic E-state index is 11.9. The van der Waals surface area contributed by atoms with Crippen LogP contribution in [0.2, 0.25) is 0 Å². The highest BCUT2D eigenvalue weighted by molar-refractivity contribution is 5.70. The molecule has 32 heavy (non-hydrogen) atoms. The fourth-order valence-corrected chi connectivity index (χ4v) is 3.49. The number of amides is 1. The lowest BCUT2D eigenvalue weighted by Crippen LogP contribution is -3.00. The van der Waals surface area contributed by atoms with E-state index in [9.17, 15) is 4.79 Å². The van der Waals surface area contributed by atoms with Crippen LogP contribution in [0.3, 0.4) is 0 Å². The van der Waals surface area contributed by atoms with Gasteiger partial charge in [-0.1, -0.05) is 25.7 Å². The summed E-state index contributed by atoms with van der Waals surface area (Å²) < 4.78 is 7.40. The lowest BCUT2D eigenvalue weighted by atomic mass is 10.1. The maximum atomic E-state index is 11.9. The van der Waals surface area contributed by atoms with Crippen molar-refractivity contribution in [2.24, 2.45) is 0 Å². The highest BCUT2D eigenvalue weighted by atomic mass is 79.9. The summed E-state index contributed by atoms with van der Waals surface area (Å²) >= 11 is 0. The first-order chi connectivity index (χ1) is 14.0. The maximum Gasteiger partial charge on any atom is 0.414 e. The second kappa shape index (κ2) is 16.8. The van der Waals surface area contributed by atoms with Gasteiger partial charge in [-0.3, -0.25) is 4.98 Å². The molecular weight excluding hydrogens is 536 g/mol. The molecule has 188 valence electrons. The Hall–Kier alpha value is -0.700. The molecule has 1 aromatic heterocycles. The monoisotopic (exact) mass is 580 g/mol. The van der Waals surface area contributed by atoms with Crippen molar-refractivity contribution in [1.29, 1.82) is 0 Å². The predicted octanol–water partition coefficient (Wildman–Crippen LogP) is -1.45. The van der Waals surface area contributed by atoms with E-state index in [-0.39, 0.29) is 40.1 Å². The molecule has 1 aromatic rings. The van der Waals surface area contributed by atoms with Gasteiger partial charge in [-0.2, -0.15) is 0 Å². The average molecular weight is 582 g/mol. The predicted molar refractivity (Wildman–Crippen MR) is 124 cm³/mol. The third-order valence-corrected chi connectivity index (χ3v) is 5.33. The van der Waals surface area contributed by atoms with Crippen LogP contribution in [0.1, 0.15) is 57.1 Å². The van der Waals surface area contributed by atoms with Crippen molar-refractivity contribution in [3.8, 4) is 5.75 Å². The minimum Gasteiger partial charge on any atom is -1.00 e. The molecule has 0 fully saturated rings. The van der Waals surface area contributed by atoms with Gasteiger partial charge in [0, 0.05) is 20.3 Å². The molecule has 8 heteroatoms. The van der Waals surface area contributed by atoms with Crippen LogP contribution < -0.4 is 38.7 Å². The first-order valence-electron chi connectivity index (χ1n) is 11.5. The molecule has 0 atom stereocenters. The van der Waals surface area contributed by atoms with E-state index < -0.39 is 0 Å². The van der Waals surface area contributed by atoms with Crippen LogP contribution in [0.25, 0.3) is 0 Å². The summed E-state index contributed by atoms with van der Waals surface area (Å²) in [6.07, 6.45) is 12.0. The van der Waals surface area contributed by atoms with E-state index in [2.05, 4.69) is 40.2 Å². The van der Waals surface area contributed by atoms with Gasteiger partial charge in [0.05, 0.1) is 48.3 Å². The number of hydrogen-bond acceptors (Lipinski definition) is 3. The zero-order chi connectivity index (χ0) is 22.6. The van der Waals surface area contributed by atoms with Crippen molar-refractivity contribution in [2.75, 3.05) is 62.4 Å². The fourth-order valence-electron chi connectivity index (χ4n) is 3.49. The molecule has 1 heterocycles. The highest BCUT2D eigenvalue weighted by Crippen LogP contribution is 2.21. The molecule has 0 aliphatic heterocycles. The summed E-state index contributed by atoms with van der Waals surface area (Å²) in [5.41, 5.74) is 0.839. The van der Waals surface area contributed by atoms with Crippen molar-refractivity contribution >= 4 is 6.09 Å². The molecule has 0 aliphatic carbocycles. The Morgan fingerprint density at radius 2 is 1.38 bits per heavy atom. The van der Waals surface area contributed by atoms with Crippen LogP contribution in [0.4, 0.5) is 4.79 Å². The van der Waals surface area contributed by atoms with Crippen LogP contribution in [-0.4, -0.2) is 87.4 Å². The molecular formula is C24H46Br2N4O2. The van der Waals surface area contributed by atoms with Gasteiger partial charge in [-0.15, -0.1) is 0 Å². The number of carbonyl (C=O) groups is 1. The molecule has 0 N–H and O–H groups in total. The standard InChI is InChI=1S/C24H46N4O2.2BrH/c1-26(2)24(29)30-23-17-16-18-25-22(23)21-28(6,7)20-15-13-11-9-8-10-12-14-19-27(3,4)5;;/h16-18H,8-15,19-21H2,1-7H3;2*1H/q+2;;/p-2. The van der Waals surface area contributed by atoms with E-state index in [1.165, 1.54) is 62.8 Å². The molecule has 0 saturated heterocycles. The highest BCUT2D eigenvalue weighted by Gasteiger charge is 2.21. The van der Waals surface area contributed by atoms with E-state index in [0.29, 0.717) is 5.75 Å². The topological polar surface area (TPSA) is 42.4 Å². The summed E-state index contributed by atoms with van der Waals surface area (Å²) in [4.78, 5) is 17.8. The molecule has 0 saturated carbocycles. The number of carbonyl (C=O) groups excluding carboxylic acids is 1. The van der Waals surface area contributed by atoms with Gasteiger partial charge >= 0.3 is 6.09 Å². The van der Waals surface area contributed by atoms with Gasteiger partial charge < -0.3 is 52.6 Å². The smallest absolute Gasteiger partial charge is 0.414 e. The number of rotatable bonds is 14. The third kappa shape index (κ3) is 16.0. The number of aromatic nitrogens is 1. The lowest BCUT2D eigenvalue weighted by Gasteiger charge is -2.30.